The summed E-state index contributed by atoms with van der Waals surface area (Å²) in [4.78, 5) is 25.2. The Kier molecular flexibility index (Phi) is 7.55. The van der Waals surface area contributed by atoms with Crippen LogP contribution in [-0.2, 0) is 19.1 Å². The van der Waals surface area contributed by atoms with Crippen molar-refractivity contribution in [1.29, 1.82) is 0 Å². The highest BCUT2D eigenvalue weighted by atomic mass is 32.1. The first kappa shape index (κ1) is 17.8. The molecule has 0 spiro atoms. The molecular formula is C12H22N2O4S. The van der Waals surface area contributed by atoms with Crippen LogP contribution in [0, 0.1) is 5.41 Å². The molecule has 0 fully saturated rings. The van der Waals surface area contributed by atoms with Crippen LogP contribution >= 0.6 is 12.2 Å². The van der Waals surface area contributed by atoms with Gasteiger partial charge in [-0.3, -0.25) is 9.59 Å². The molecule has 0 aromatic carbocycles. The molecule has 2 N–H and O–H groups in total. The molecule has 19 heavy (non-hydrogen) atoms. The smallest absolute Gasteiger partial charge is 0.307 e. The molecule has 0 aliphatic rings. The molecule has 7 heteroatoms. The van der Waals surface area contributed by atoms with E-state index in [4.69, 9.17) is 22.7 Å². The van der Waals surface area contributed by atoms with E-state index in [1.807, 2.05) is 0 Å². The van der Waals surface area contributed by atoms with Gasteiger partial charge in [-0.05, 0) is 13.8 Å². The fraction of sp³-hybridized carbons (Fsp3) is 0.750. The molecule has 110 valence electrons. The minimum atomic E-state index is -0.945. The van der Waals surface area contributed by atoms with Crippen LogP contribution in [0.1, 0.15) is 20.3 Å². The number of nitrogens with two attached hydrogens (primary N) is 1. The average molecular weight is 290 g/mol. The number of carbonyl (C=O) groups is 2. The zero-order valence-electron chi connectivity index (χ0n) is 11.9. The molecule has 0 heterocycles. The van der Waals surface area contributed by atoms with E-state index in [1.54, 1.807) is 21.0 Å². The average Bonchev–Trinajstić information content (AvgIpc) is 2.37. The van der Waals surface area contributed by atoms with Gasteiger partial charge in [-0.15, -0.1) is 0 Å². The van der Waals surface area contributed by atoms with Crippen LogP contribution in [0.25, 0.3) is 0 Å². The molecule has 0 rings (SSSR count). The highest BCUT2D eigenvalue weighted by Gasteiger charge is 2.34. The van der Waals surface area contributed by atoms with Gasteiger partial charge in [0.2, 0.25) is 5.91 Å². The Balaban J connectivity index is 4.78. The first-order valence-electron chi connectivity index (χ1n) is 5.92. The second kappa shape index (κ2) is 8.06. The number of thiocarbonyl (C=S) groups is 1. The maximum Gasteiger partial charge on any atom is 0.307 e. The largest absolute Gasteiger partial charge is 0.469 e. The number of methoxy groups -OCH3 is 2. The zero-order valence-corrected chi connectivity index (χ0v) is 12.7. The number of ether oxygens (including phenoxy) is 2. The lowest BCUT2D eigenvalue weighted by Gasteiger charge is -2.31. The van der Waals surface area contributed by atoms with Crippen molar-refractivity contribution >= 4 is 29.1 Å². The Morgan fingerprint density at radius 1 is 1.26 bits per heavy atom. The minimum Gasteiger partial charge on any atom is -0.469 e. The van der Waals surface area contributed by atoms with Crippen molar-refractivity contribution in [3.8, 4) is 0 Å². The van der Waals surface area contributed by atoms with Crippen molar-refractivity contribution in [2.24, 2.45) is 11.1 Å². The van der Waals surface area contributed by atoms with Crippen molar-refractivity contribution < 1.29 is 19.1 Å². The standard InChI is InChI=1S/C12H22N2O4S/c1-12(2,10(13)19)11(16)14(7-8-17-3)6-5-9(15)18-4/h5-8H2,1-4H3,(H2,13,19). The second-order valence-corrected chi connectivity index (χ2v) is 5.04. The number of esters is 1. The summed E-state index contributed by atoms with van der Waals surface area (Å²) in [6.45, 7) is 4.32. The minimum absolute atomic E-state index is 0.123. The van der Waals surface area contributed by atoms with Gasteiger partial charge in [-0.2, -0.15) is 0 Å². The molecule has 0 aromatic heterocycles. The van der Waals surface area contributed by atoms with E-state index in [0.717, 1.165) is 0 Å². The molecule has 0 aliphatic carbocycles. The number of hydrogen-bond acceptors (Lipinski definition) is 5. The number of rotatable bonds is 8. The number of nitrogens with zero attached hydrogens (tertiary/aromatic N) is 1. The van der Waals surface area contributed by atoms with Crippen molar-refractivity contribution in [2.75, 3.05) is 33.9 Å². The van der Waals surface area contributed by atoms with Crippen LogP contribution in [-0.4, -0.2) is 55.7 Å². The molecule has 1 amide bonds. The van der Waals surface area contributed by atoms with E-state index < -0.39 is 5.41 Å². The first-order chi connectivity index (χ1) is 8.77. The molecule has 0 saturated carbocycles. The topological polar surface area (TPSA) is 81.9 Å². The third-order valence-electron chi connectivity index (χ3n) is 2.82. The Hall–Kier alpha value is -1.21. The van der Waals surface area contributed by atoms with Gasteiger partial charge >= 0.3 is 5.97 Å². The summed E-state index contributed by atoms with van der Waals surface area (Å²) in [5, 5.41) is 0. The van der Waals surface area contributed by atoms with Gasteiger partial charge in [-0.1, -0.05) is 12.2 Å². The maximum absolute atomic E-state index is 12.4. The predicted octanol–water partition coefficient (Wildman–Crippen LogP) is 0.337. The van der Waals surface area contributed by atoms with Crippen LogP contribution in [0.15, 0.2) is 0 Å². The number of hydrogen-bond donors (Lipinski definition) is 1. The molecule has 0 bridgehead atoms. The van der Waals surface area contributed by atoms with Gasteiger partial charge in [0, 0.05) is 20.2 Å². The highest BCUT2D eigenvalue weighted by molar-refractivity contribution is 7.80. The third kappa shape index (κ3) is 5.52. The van der Waals surface area contributed by atoms with Crippen LogP contribution in [0.3, 0.4) is 0 Å². The van der Waals surface area contributed by atoms with Gasteiger partial charge < -0.3 is 20.1 Å². The summed E-state index contributed by atoms with van der Waals surface area (Å²) < 4.78 is 9.51. The maximum atomic E-state index is 12.4. The normalized spacial score (nSPS) is 10.9. The quantitative estimate of drug-likeness (QED) is 0.513. The Morgan fingerprint density at radius 2 is 1.84 bits per heavy atom. The van der Waals surface area contributed by atoms with E-state index in [-0.39, 0.29) is 29.8 Å². The Labute approximate surface area is 119 Å². The van der Waals surface area contributed by atoms with E-state index in [2.05, 4.69) is 4.74 Å². The van der Waals surface area contributed by atoms with Gasteiger partial charge in [-0.25, -0.2) is 0 Å². The van der Waals surface area contributed by atoms with Crippen LogP contribution in [0.4, 0.5) is 0 Å². The molecule has 0 aliphatic heterocycles. The summed E-state index contributed by atoms with van der Waals surface area (Å²) in [7, 11) is 2.85. The molecule has 0 saturated heterocycles. The predicted molar refractivity (Wildman–Crippen MR) is 75.7 cm³/mol. The third-order valence-corrected chi connectivity index (χ3v) is 3.33. The fourth-order valence-corrected chi connectivity index (χ4v) is 1.43. The van der Waals surface area contributed by atoms with E-state index >= 15 is 0 Å². The summed E-state index contributed by atoms with van der Waals surface area (Å²) in [5.74, 6) is -0.593. The van der Waals surface area contributed by atoms with Gasteiger partial charge in [0.15, 0.2) is 0 Å². The van der Waals surface area contributed by atoms with E-state index in [1.165, 1.54) is 12.0 Å². The van der Waals surface area contributed by atoms with Crippen LogP contribution in [0.5, 0.6) is 0 Å². The molecule has 0 aromatic rings. The van der Waals surface area contributed by atoms with Gasteiger partial charge in [0.1, 0.15) is 0 Å². The van der Waals surface area contributed by atoms with Crippen molar-refractivity contribution in [3.05, 3.63) is 0 Å². The lowest BCUT2D eigenvalue weighted by Crippen LogP contribution is -2.48. The Bertz CT molecular complexity index is 345. The number of carbonyl (C=O) groups excluding carboxylic acids is 2. The van der Waals surface area contributed by atoms with Gasteiger partial charge in [0.25, 0.3) is 0 Å². The number of amides is 1. The molecule has 6 nitrogen and oxygen atoms in total. The summed E-state index contributed by atoms with van der Waals surface area (Å²) in [6, 6.07) is 0. The van der Waals surface area contributed by atoms with Crippen molar-refractivity contribution in [1.82, 2.24) is 4.90 Å². The highest BCUT2D eigenvalue weighted by Crippen LogP contribution is 2.19. The SMILES string of the molecule is COCCN(CCC(=O)OC)C(=O)C(C)(C)C(N)=S. The Morgan fingerprint density at radius 3 is 2.26 bits per heavy atom. The first-order valence-corrected chi connectivity index (χ1v) is 6.33. The van der Waals surface area contributed by atoms with Crippen molar-refractivity contribution in [3.63, 3.8) is 0 Å². The molecule has 0 atom stereocenters. The second-order valence-electron chi connectivity index (χ2n) is 4.60. The fourth-order valence-electron chi connectivity index (χ4n) is 1.35. The lowest BCUT2D eigenvalue weighted by atomic mass is 9.91. The summed E-state index contributed by atoms with van der Waals surface area (Å²) in [5.41, 5.74) is 4.64. The molecule has 0 radical (unpaired) electrons. The van der Waals surface area contributed by atoms with Gasteiger partial charge in [0.05, 0.1) is 30.5 Å². The lowest BCUT2D eigenvalue weighted by molar-refractivity contribution is -0.143. The zero-order chi connectivity index (χ0) is 15.1. The summed E-state index contributed by atoms with van der Waals surface area (Å²) >= 11 is 4.91. The molecular weight excluding hydrogens is 268 g/mol. The summed E-state index contributed by atoms with van der Waals surface area (Å²) in [6.07, 6.45) is 0.124. The molecule has 0 unspecified atom stereocenters. The van der Waals surface area contributed by atoms with E-state index in [9.17, 15) is 9.59 Å². The van der Waals surface area contributed by atoms with E-state index in [0.29, 0.717) is 13.2 Å². The van der Waals surface area contributed by atoms with Crippen molar-refractivity contribution in [2.45, 2.75) is 20.3 Å². The van der Waals surface area contributed by atoms with Crippen LogP contribution < -0.4 is 5.73 Å². The monoisotopic (exact) mass is 290 g/mol. The van der Waals surface area contributed by atoms with Crippen LogP contribution in [0.2, 0.25) is 0 Å².